The third-order valence-electron chi connectivity index (χ3n) is 2.34. The van der Waals surface area contributed by atoms with Crippen LogP contribution in [0.4, 0.5) is 0 Å². The van der Waals surface area contributed by atoms with Crippen molar-refractivity contribution in [1.82, 2.24) is 0 Å². The van der Waals surface area contributed by atoms with Crippen LogP contribution in [-0.2, 0) is 9.31 Å². The molecule has 76 valence electrons. The zero-order valence-electron chi connectivity index (χ0n) is 9.25. The molecule has 3 heteroatoms. The lowest BCUT2D eigenvalue weighted by Crippen LogP contribution is -2.37. The maximum atomic E-state index is 5.63. The van der Waals surface area contributed by atoms with E-state index in [1.165, 1.54) is 6.42 Å². The molecule has 0 aliphatic carbocycles. The van der Waals surface area contributed by atoms with E-state index in [1.807, 2.05) is 0 Å². The topological polar surface area (TPSA) is 18.5 Å². The highest BCUT2D eigenvalue weighted by Crippen LogP contribution is 2.21. The molecule has 13 heavy (non-hydrogen) atoms. The molecule has 1 heterocycles. The molecule has 0 N–H and O–H groups in total. The zero-order valence-corrected chi connectivity index (χ0v) is 9.25. The van der Waals surface area contributed by atoms with Crippen LogP contribution in [0.15, 0.2) is 0 Å². The fourth-order valence-electron chi connectivity index (χ4n) is 1.75. The molecule has 0 bridgehead atoms. The summed E-state index contributed by atoms with van der Waals surface area (Å²) in [6, 6.07) is 0. The first kappa shape index (κ1) is 11.1. The Morgan fingerprint density at radius 3 is 2.08 bits per heavy atom. The van der Waals surface area contributed by atoms with E-state index in [0.717, 1.165) is 19.1 Å². The average Bonchev–Trinajstić information content (AvgIpc) is 2.04. The molecule has 0 aromatic rings. The Morgan fingerprint density at radius 1 is 1.15 bits per heavy atom. The molecule has 0 spiro atoms. The molecule has 1 rings (SSSR count). The van der Waals surface area contributed by atoms with Crippen LogP contribution in [0, 0.1) is 11.8 Å². The van der Waals surface area contributed by atoms with Gasteiger partial charge in [-0.25, -0.2) is 0 Å². The van der Waals surface area contributed by atoms with Gasteiger partial charge in [-0.15, -0.1) is 0 Å². The van der Waals surface area contributed by atoms with Crippen molar-refractivity contribution < 1.29 is 9.31 Å². The summed E-state index contributed by atoms with van der Waals surface area (Å²) in [5.41, 5.74) is 0. The van der Waals surface area contributed by atoms with Gasteiger partial charge in [0.15, 0.2) is 0 Å². The second kappa shape index (κ2) is 5.01. The molecule has 0 aromatic carbocycles. The summed E-state index contributed by atoms with van der Waals surface area (Å²) in [5, 5.41) is 0. The van der Waals surface area contributed by atoms with Crippen molar-refractivity contribution in [3.8, 4) is 0 Å². The Balaban J connectivity index is 2.22. The molecule has 1 fully saturated rings. The monoisotopic (exact) mass is 184 g/mol. The van der Waals surface area contributed by atoms with Crippen LogP contribution in [0.3, 0.4) is 0 Å². The van der Waals surface area contributed by atoms with Crippen molar-refractivity contribution in [3.05, 3.63) is 0 Å². The van der Waals surface area contributed by atoms with Crippen molar-refractivity contribution in [1.29, 1.82) is 0 Å². The standard InChI is InChI=1S/C10H21BO2/c1-8(2)5-10-6-12-11(9(3)4)13-7-10/h8-10H,5-7H2,1-4H3. The van der Waals surface area contributed by atoms with Gasteiger partial charge in [0.25, 0.3) is 0 Å². The van der Waals surface area contributed by atoms with E-state index in [0.29, 0.717) is 11.7 Å². The van der Waals surface area contributed by atoms with E-state index in [2.05, 4.69) is 27.7 Å². The van der Waals surface area contributed by atoms with Crippen LogP contribution in [0.2, 0.25) is 5.82 Å². The first-order chi connectivity index (χ1) is 6.09. The third kappa shape index (κ3) is 3.69. The highest BCUT2D eigenvalue weighted by molar-refractivity contribution is 6.46. The van der Waals surface area contributed by atoms with Crippen molar-refractivity contribution in [2.75, 3.05) is 13.2 Å². The van der Waals surface area contributed by atoms with Gasteiger partial charge in [0.2, 0.25) is 0 Å². The van der Waals surface area contributed by atoms with Gasteiger partial charge in [-0.1, -0.05) is 27.7 Å². The summed E-state index contributed by atoms with van der Waals surface area (Å²) in [7, 11) is 0.0309. The van der Waals surface area contributed by atoms with Gasteiger partial charge in [-0.3, -0.25) is 0 Å². The van der Waals surface area contributed by atoms with Crippen molar-refractivity contribution in [2.45, 2.75) is 39.9 Å². The molecule has 0 amide bonds. The van der Waals surface area contributed by atoms with Crippen molar-refractivity contribution in [2.24, 2.45) is 11.8 Å². The summed E-state index contributed by atoms with van der Waals surface area (Å²) >= 11 is 0. The SMILES string of the molecule is CC(C)CC1COB(C(C)C)OC1. The van der Waals surface area contributed by atoms with E-state index in [9.17, 15) is 0 Å². The normalized spacial score (nSPS) is 20.3. The van der Waals surface area contributed by atoms with Gasteiger partial charge in [-0.2, -0.15) is 0 Å². The Hall–Kier alpha value is -0.0151. The maximum absolute atomic E-state index is 5.63. The third-order valence-corrected chi connectivity index (χ3v) is 2.34. The molecular weight excluding hydrogens is 163 g/mol. The first-order valence-corrected chi connectivity index (χ1v) is 5.32. The van der Waals surface area contributed by atoms with Crippen LogP contribution in [-0.4, -0.2) is 20.3 Å². The fraction of sp³-hybridized carbons (Fsp3) is 1.00. The molecule has 1 aliphatic heterocycles. The summed E-state index contributed by atoms with van der Waals surface area (Å²) < 4.78 is 11.3. The molecular formula is C10H21BO2. The van der Waals surface area contributed by atoms with E-state index in [-0.39, 0.29) is 7.12 Å². The summed E-state index contributed by atoms with van der Waals surface area (Å²) in [6.07, 6.45) is 1.21. The largest absolute Gasteiger partial charge is 0.459 e. The van der Waals surface area contributed by atoms with Crippen molar-refractivity contribution in [3.63, 3.8) is 0 Å². The van der Waals surface area contributed by atoms with Crippen molar-refractivity contribution >= 4 is 7.12 Å². The van der Waals surface area contributed by atoms with E-state index < -0.39 is 0 Å². The van der Waals surface area contributed by atoms with Crippen LogP contribution >= 0.6 is 0 Å². The molecule has 1 saturated heterocycles. The van der Waals surface area contributed by atoms with Crippen LogP contribution < -0.4 is 0 Å². The van der Waals surface area contributed by atoms with Gasteiger partial charge < -0.3 is 9.31 Å². The quantitative estimate of drug-likeness (QED) is 0.627. The molecule has 1 aliphatic rings. The van der Waals surface area contributed by atoms with Gasteiger partial charge in [0, 0.05) is 19.1 Å². The Morgan fingerprint density at radius 2 is 1.69 bits per heavy atom. The summed E-state index contributed by atoms with van der Waals surface area (Å²) in [5.74, 6) is 1.82. The van der Waals surface area contributed by atoms with Gasteiger partial charge in [-0.05, 0) is 18.2 Å². The highest BCUT2D eigenvalue weighted by Gasteiger charge is 2.29. The fourth-order valence-corrected chi connectivity index (χ4v) is 1.75. The van der Waals surface area contributed by atoms with Gasteiger partial charge in [0.05, 0.1) is 0 Å². The predicted molar refractivity (Wildman–Crippen MR) is 55.7 cm³/mol. The highest BCUT2D eigenvalue weighted by atomic mass is 16.6. The maximum Gasteiger partial charge on any atom is 0.459 e. The lowest BCUT2D eigenvalue weighted by Gasteiger charge is -2.29. The average molecular weight is 184 g/mol. The van der Waals surface area contributed by atoms with E-state index in [4.69, 9.17) is 9.31 Å². The van der Waals surface area contributed by atoms with Gasteiger partial charge >= 0.3 is 7.12 Å². The van der Waals surface area contributed by atoms with Gasteiger partial charge in [0.1, 0.15) is 0 Å². The number of hydrogen-bond donors (Lipinski definition) is 0. The lowest BCUT2D eigenvalue weighted by atomic mass is 9.73. The minimum Gasteiger partial charge on any atom is -0.411 e. The first-order valence-electron chi connectivity index (χ1n) is 5.32. The Labute approximate surface area is 82.1 Å². The Bertz CT molecular complexity index is 140. The lowest BCUT2D eigenvalue weighted by molar-refractivity contribution is 0.0654. The van der Waals surface area contributed by atoms with E-state index >= 15 is 0 Å². The van der Waals surface area contributed by atoms with Crippen LogP contribution in [0.1, 0.15) is 34.1 Å². The number of hydrogen-bond acceptors (Lipinski definition) is 2. The van der Waals surface area contributed by atoms with Crippen LogP contribution in [0.25, 0.3) is 0 Å². The second-order valence-electron chi connectivity index (χ2n) is 4.77. The Kier molecular flexibility index (Phi) is 4.27. The molecule has 0 radical (unpaired) electrons. The minimum absolute atomic E-state index is 0.0309. The minimum atomic E-state index is 0.0309. The second-order valence-corrected chi connectivity index (χ2v) is 4.77. The molecule has 0 atom stereocenters. The van der Waals surface area contributed by atoms with Crippen LogP contribution in [0.5, 0.6) is 0 Å². The smallest absolute Gasteiger partial charge is 0.411 e. The van der Waals surface area contributed by atoms with E-state index in [1.54, 1.807) is 0 Å². The molecule has 0 aromatic heterocycles. The predicted octanol–water partition coefficient (Wildman–Crippen LogP) is 2.59. The molecule has 2 nitrogen and oxygen atoms in total. The summed E-state index contributed by atoms with van der Waals surface area (Å²) in [4.78, 5) is 0. The molecule has 0 saturated carbocycles. The number of rotatable bonds is 3. The summed E-state index contributed by atoms with van der Waals surface area (Å²) in [6.45, 7) is 10.5. The zero-order chi connectivity index (χ0) is 9.84. The molecule has 0 unspecified atom stereocenters.